The van der Waals surface area contributed by atoms with Gasteiger partial charge in [0, 0.05) is 25.8 Å². The molecule has 0 radical (unpaired) electrons. The number of rotatable bonds is 3. The van der Waals surface area contributed by atoms with Crippen LogP contribution in [0, 0.1) is 11.8 Å². The van der Waals surface area contributed by atoms with Gasteiger partial charge in [0.25, 0.3) is 0 Å². The Hall–Kier alpha value is -0.890. The van der Waals surface area contributed by atoms with Crippen LogP contribution in [0.5, 0.6) is 0 Å². The predicted octanol–water partition coefficient (Wildman–Crippen LogP) is 5.18. The molecule has 2 aliphatic carbocycles. The van der Waals surface area contributed by atoms with Gasteiger partial charge in [0.05, 0.1) is 10.7 Å². The second kappa shape index (κ2) is 6.48. The summed E-state index contributed by atoms with van der Waals surface area (Å²) in [6, 6.07) is 6.97. The molecule has 3 unspecified atom stereocenters. The summed E-state index contributed by atoms with van der Waals surface area (Å²) >= 11 is 6.37. The maximum absolute atomic E-state index is 6.37. The number of halogens is 1. The number of anilines is 2. The van der Waals surface area contributed by atoms with Gasteiger partial charge >= 0.3 is 0 Å². The Balaban J connectivity index is 1.63. The predicted molar refractivity (Wildman–Crippen MR) is 92.5 cm³/mol. The first-order valence-electron chi connectivity index (χ1n) is 8.37. The molecular weight excluding hydrogens is 280 g/mol. The van der Waals surface area contributed by atoms with E-state index < -0.39 is 0 Å². The van der Waals surface area contributed by atoms with Gasteiger partial charge in [-0.05, 0) is 49.3 Å². The molecule has 1 aromatic rings. The van der Waals surface area contributed by atoms with Crippen molar-refractivity contribution in [1.29, 1.82) is 0 Å². The van der Waals surface area contributed by atoms with Crippen LogP contribution in [0.1, 0.15) is 44.9 Å². The van der Waals surface area contributed by atoms with Gasteiger partial charge in [0.15, 0.2) is 0 Å². The zero-order chi connectivity index (χ0) is 14.8. The van der Waals surface area contributed by atoms with Gasteiger partial charge in [-0.1, -0.05) is 37.3 Å². The molecule has 0 heterocycles. The van der Waals surface area contributed by atoms with Crippen molar-refractivity contribution in [2.75, 3.05) is 24.3 Å². The van der Waals surface area contributed by atoms with Gasteiger partial charge in [-0.2, -0.15) is 0 Å². The normalized spacial score (nSPS) is 28.8. The van der Waals surface area contributed by atoms with E-state index in [0.717, 1.165) is 22.5 Å². The molecule has 3 rings (SSSR count). The Bertz CT molecular complexity index is 486. The van der Waals surface area contributed by atoms with Crippen LogP contribution >= 0.6 is 11.6 Å². The fourth-order valence-electron chi connectivity index (χ4n) is 4.20. The lowest BCUT2D eigenvalue weighted by Gasteiger charge is -2.39. The summed E-state index contributed by atoms with van der Waals surface area (Å²) in [6.45, 7) is 0. The Morgan fingerprint density at radius 1 is 1.05 bits per heavy atom. The number of benzene rings is 1. The number of nitrogens with zero attached hydrogens (tertiary/aromatic N) is 1. The van der Waals surface area contributed by atoms with Gasteiger partial charge in [0.2, 0.25) is 0 Å². The molecule has 0 aromatic heterocycles. The van der Waals surface area contributed by atoms with E-state index in [2.05, 4.69) is 28.4 Å². The quantitative estimate of drug-likeness (QED) is 0.828. The summed E-state index contributed by atoms with van der Waals surface area (Å²) in [5, 5.41) is 4.55. The second-order valence-corrected chi connectivity index (χ2v) is 7.43. The molecule has 2 nitrogen and oxygen atoms in total. The van der Waals surface area contributed by atoms with E-state index in [1.165, 1.54) is 50.6 Å². The lowest BCUT2D eigenvalue weighted by Crippen LogP contribution is -2.34. The van der Waals surface area contributed by atoms with E-state index >= 15 is 0 Å². The fraction of sp³-hybridized carbons (Fsp3) is 0.667. The highest BCUT2D eigenvalue weighted by Gasteiger charge is 2.32. The Morgan fingerprint density at radius 3 is 2.52 bits per heavy atom. The summed E-state index contributed by atoms with van der Waals surface area (Å²) in [4.78, 5) is 2.05. The molecule has 1 N–H and O–H groups in total. The van der Waals surface area contributed by atoms with Gasteiger partial charge in [-0.3, -0.25) is 0 Å². The van der Waals surface area contributed by atoms with Gasteiger partial charge in [-0.25, -0.2) is 0 Å². The first-order valence-corrected chi connectivity index (χ1v) is 8.74. The molecular formula is C18H27ClN2. The average Bonchev–Trinajstić information content (AvgIpc) is 2.47. The second-order valence-electron chi connectivity index (χ2n) is 7.02. The minimum absolute atomic E-state index is 0.630. The number of hydrogen-bond acceptors (Lipinski definition) is 2. The Labute approximate surface area is 133 Å². The van der Waals surface area contributed by atoms with Gasteiger partial charge in [0.1, 0.15) is 0 Å². The van der Waals surface area contributed by atoms with E-state index in [0.29, 0.717) is 6.04 Å². The average molecular weight is 307 g/mol. The van der Waals surface area contributed by atoms with Crippen molar-refractivity contribution in [3.05, 3.63) is 23.2 Å². The van der Waals surface area contributed by atoms with Crippen molar-refractivity contribution in [3.63, 3.8) is 0 Å². The molecule has 0 bridgehead atoms. The summed E-state index contributed by atoms with van der Waals surface area (Å²) in [5.74, 6) is 1.97. The summed E-state index contributed by atoms with van der Waals surface area (Å²) < 4.78 is 0. The van der Waals surface area contributed by atoms with Crippen molar-refractivity contribution >= 4 is 23.0 Å². The minimum Gasteiger partial charge on any atom is -0.382 e. The van der Waals surface area contributed by atoms with Gasteiger partial charge < -0.3 is 10.2 Å². The highest BCUT2D eigenvalue weighted by molar-refractivity contribution is 6.33. The number of fused-ring (bicyclic) bond motifs is 1. The van der Waals surface area contributed by atoms with Crippen LogP contribution in [0.3, 0.4) is 0 Å². The van der Waals surface area contributed by atoms with Crippen molar-refractivity contribution in [2.24, 2.45) is 11.8 Å². The molecule has 2 fully saturated rings. The zero-order valence-electron chi connectivity index (χ0n) is 13.2. The third-order valence-electron chi connectivity index (χ3n) is 5.34. The Morgan fingerprint density at radius 2 is 1.81 bits per heavy atom. The first-order chi connectivity index (χ1) is 10.1. The molecule has 116 valence electrons. The summed E-state index contributed by atoms with van der Waals surface area (Å²) in [6.07, 6.45) is 9.89. The van der Waals surface area contributed by atoms with Crippen LogP contribution in [-0.2, 0) is 0 Å². The maximum atomic E-state index is 6.37. The van der Waals surface area contributed by atoms with Crippen molar-refractivity contribution in [1.82, 2.24) is 0 Å². The van der Waals surface area contributed by atoms with Crippen LogP contribution in [-0.4, -0.2) is 20.1 Å². The van der Waals surface area contributed by atoms with Crippen LogP contribution in [0.2, 0.25) is 5.02 Å². The fourth-order valence-corrected chi connectivity index (χ4v) is 4.55. The van der Waals surface area contributed by atoms with Gasteiger partial charge in [-0.15, -0.1) is 0 Å². The van der Waals surface area contributed by atoms with Crippen molar-refractivity contribution in [2.45, 2.75) is 51.0 Å². The number of nitrogens with one attached hydrogen (secondary N) is 1. The van der Waals surface area contributed by atoms with Crippen LogP contribution in [0.4, 0.5) is 11.4 Å². The molecule has 21 heavy (non-hydrogen) atoms. The van der Waals surface area contributed by atoms with E-state index in [9.17, 15) is 0 Å². The van der Waals surface area contributed by atoms with Crippen molar-refractivity contribution < 1.29 is 0 Å². The SMILES string of the molecule is CN(C)c1ccc(NC2CCC3CCCCC3C2)cc1Cl. The molecule has 3 heteroatoms. The van der Waals surface area contributed by atoms with E-state index in [1.54, 1.807) is 0 Å². The molecule has 1 aromatic carbocycles. The first kappa shape index (κ1) is 15.0. The van der Waals surface area contributed by atoms with Crippen LogP contribution < -0.4 is 10.2 Å². The summed E-state index contributed by atoms with van der Waals surface area (Å²) in [7, 11) is 4.05. The van der Waals surface area contributed by atoms with E-state index in [4.69, 9.17) is 11.6 Å². The molecule has 3 atom stereocenters. The number of hydrogen-bond donors (Lipinski definition) is 1. The zero-order valence-corrected chi connectivity index (χ0v) is 14.0. The highest BCUT2D eigenvalue weighted by Crippen LogP contribution is 2.41. The van der Waals surface area contributed by atoms with E-state index in [1.807, 2.05) is 14.1 Å². The standard InChI is InChI=1S/C18H27ClN2/c1-21(2)18-10-9-16(12-17(18)19)20-15-8-7-13-5-3-4-6-14(13)11-15/h9-10,12-15,20H,3-8,11H2,1-2H3. The van der Waals surface area contributed by atoms with Crippen molar-refractivity contribution in [3.8, 4) is 0 Å². The molecule has 2 saturated carbocycles. The van der Waals surface area contributed by atoms with Crippen LogP contribution in [0.15, 0.2) is 18.2 Å². The Kier molecular flexibility index (Phi) is 4.63. The maximum Gasteiger partial charge on any atom is 0.0659 e. The molecule has 0 saturated heterocycles. The molecule has 2 aliphatic rings. The monoisotopic (exact) mass is 306 g/mol. The highest BCUT2D eigenvalue weighted by atomic mass is 35.5. The topological polar surface area (TPSA) is 15.3 Å². The minimum atomic E-state index is 0.630. The molecule has 0 amide bonds. The van der Waals surface area contributed by atoms with Crippen LogP contribution in [0.25, 0.3) is 0 Å². The van der Waals surface area contributed by atoms with E-state index in [-0.39, 0.29) is 0 Å². The summed E-state index contributed by atoms with van der Waals surface area (Å²) in [5.41, 5.74) is 2.25. The lowest BCUT2D eigenvalue weighted by atomic mass is 9.69. The smallest absolute Gasteiger partial charge is 0.0659 e. The molecule has 0 aliphatic heterocycles. The lowest BCUT2D eigenvalue weighted by molar-refractivity contribution is 0.162. The largest absolute Gasteiger partial charge is 0.382 e. The molecule has 0 spiro atoms. The third-order valence-corrected chi connectivity index (χ3v) is 5.64. The third kappa shape index (κ3) is 3.48.